The van der Waals surface area contributed by atoms with E-state index >= 15 is 0 Å². The second-order valence-electron chi connectivity index (χ2n) is 5.72. The lowest BCUT2D eigenvalue weighted by atomic mass is 10.2. The van der Waals surface area contributed by atoms with Crippen LogP contribution < -0.4 is 20.3 Å². The number of ether oxygens (including phenoxy) is 1. The third-order valence-electron chi connectivity index (χ3n) is 3.93. The molecule has 132 valence electrons. The zero-order chi connectivity index (χ0) is 17.6. The molecular formula is C18H19F2N3O2. The van der Waals surface area contributed by atoms with Crippen molar-refractivity contribution >= 4 is 23.1 Å². The Hall–Kier alpha value is -2.83. The van der Waals surface area contributed by atoms with Crippen molar-refractivity contribution in [2.75, 3.05) is 28.6 Å². The van der Waals surface area contributed by atoms with Gasteiger partial charge in [0.15, 0.2) is 0 Å². The molecule has 25 heavy (non-hydrogen) atoms. The molecule has 0 spiro atoms. The molecule has 0 aliphatic carbocycles. The van der Waals surface area contributed by atoms with Crippen molar-refractivity contribution in [2.45, 2.75) is 19.5 Å². The van der Waals surface area contributed by atoms with Gasteiger partial charge in [-0.1, -0.05) is 0 Å². The standard InChI is InChI=1S/C18H19F2N3O2/c19-17(20)25-16-9-5-14(6-10-16)22-18(24)21-13-3-7-15(8-4-13)23-11-1-2-12-23/h3-10,17H,1-2,11-12H2,(H2,21,22,24). The molecule has 2 aromatic carbocycles. The summed E-state index contributed by atoms with van der Waals surface area (Å²) in [5.41, 5.74) is 2.31. The number of hydrogen-bond acceptors (Lipinski definition) is 3. The topological polar surface area (TPSA) is 53.6 Å². The van der Waals surface area contributed by atoms with Crippen molar-refractivity contribution in [3.63, 3.8) is 0 Å². The highest BCUT2D eigenvalue weighted by Gasteiger charge is 2.12. The molecule has 0 aromatic heterocycles. The zero-order valence-electron chi connectivity index (χ0n) is 13.5. The van der Waals surface area contributed by atoms with Gasteiger partial charge in [0, 0.05) is 30.2 Å². The van der Waals surface area contributed by atoms with E-state index in [0.717, 1.165) is 18.8 Å². The first-order valence-corrected chi connectivity index (χ1v) is 8.08. The van der Waals surface area contributed by atoms with E-state index in [1.807, 2.05) is 24.3 Å². The monoisotopic (exact) mass is 347 g/mol. The number of amides is 2. The number of rotatable bonds is 5. The molecule has 1 aliphatic heterocycles. The number of benzene rings is 2. The van der Waals surface area contributed by atoms with Gasteiger partial charge in [-0.2, -0.15) is 8.78 Å². The molecule has 1 heterocycles. The lowest BCUT2D eigenvalue weighted by Gasteiger charge is -2.17. The highest BCUT2D eigenvalue weighted by atomic mass is 19.3. The van der Waals surface area contributed by atoms with Crippen molar-refractivity contribution in [3.05, 3.63) is 48.5 Å². The number of carbonyl (C=O) groups excluding carboxylic acids is 1. The molecule has 0 bridgehead atoms. The third kappa shape index (κ3) is 4.82. The quantitative estimate of drug-likeness (QED) is 0.835. The Kier molecular flexibility index (Phi) is 5.33. The van der Waals surface area contributed by atoms with Gasteiger partial charge < -0.3 is 20.3 Å². The molecule has 1 aliphatic rings. The normalized spacial score (nSPS) is 13.8. The average molecular weight is 347 g/mol. The maximum Gasteiger partial charge on any atom is 0.387 e. The molecule has 2 amide bonds. The predicted octanol–water partition coefficient (Wildman–Crippen LogP) is 4.53. The highest BCUT2D eigenvalue weighted by molar-refractivity contribution is 5.99. The summed E-state index contributed by atoms with van der Waals surface area (Å²) in [6.07, 6.45) is 2.42. The Labute approximate surface area is 144 Å². The summed E-state index contributed by atoms with van der Waals surface area (Å²) in [5.74, 6) is 0.0402. The zero-order valence-corrected chi connectivity index (χ0v) is 13.5. The molecule has 0 saturated carbocycles. The molecule has 2 N–H and O–H groups in total. The number of carbonyl (C=O) groups is 1. The van der Waals surface area contributed by atoms with Crippen LogP contribution in [0, 0.1) is 0 Å². The number of nitrogens with zero attached hydrogens (tertiary/aromatic N) is 1. The fourth-order valence-corrected chi connectivity index (χ4v) is 2.74. The van der Waals surface area contributed by atoms with Crippen LogP contribution in [0.4, 0.5) is 30.6 Å². The molecule has 3 rings (SSSR count). The number of urea groups is 1. The summed E-state index contributed by atoms with van der Waals surface area (Å²) in [7, 11) is 0. The molecule has 0 radical (unpaired) electrons. The van der Waals surface area contributed by atoms with Crippen LogP contribution in [0.3, 0.4) is 0 Å². The summed E-state index contributed by atoms with van der Waals surface area (Å²) >= 11 is 0. The van der Waals surface area contributed by atoms with Crippen molar-refractivity contribution in [1.82, 2.24) is 0 Å². The number of nitrogens with one attached hydrogen (secondary N) is 2. The van der Waals surface area contributed by atoms with E-state index in [2.05, 4.69) is 20.3 Å². The van der Waals surface area contributed by atoms with Gasteiger partial charge in [0.05, 0.1) is 0 Å². The number of halogens is 2. The predicted molar refractivity (Wildman–Crippen MR) is 93.6 cm³/mol. The SMILES string of the molecule is O=C(Nc1ccc(OC(F)F)cc1)Nc1ccc(N2CCCC2)cc1. The highest BCUT2D eigenvalue weighted by Crippen LogP contribution is 2.22. The molecule has 2 aromatic rings. The largest absolute Gasteiger partial charge is 0.435 e. The van der Waals surface area contributed by atoms with Gasteiger partial charge in [-0.05, 0) is 61.4 Å². The Bertz CT molecular complexity index is 699. The summed E-state index contributed by atoms with van der Waals surface area (Å²) < 4.78 is 28.4. The maximum atomic E-state index is 12.1. The Morgan fingerprint density at radius 2 is 1.44 bits per heavy atom. The second kappa shape index (κ2) is 7.83. The smallest absolute Gasteiger partial charge is 0.387 e. The second-order valence-corrected chi connectivity index (χ2v) is 5.72. The molecular weight excluding hydrogens is 328 g/mol. The van der Waals surface area contributed by atoms with Gasteiger partial charge in [-0.15, -0.1) is 0 Å². The maximum absolute atomic E-state index is 12.1. The molecule has 7 heteroatoms. The van der Waals surface area contributed by atoms with Gasteiger partial charge in [0.1, 0.15) is 5.75 Å². The minimum Gasteiger partial charge on any atom is -0.435 e. The van der Waals surface area contributed by atoms with Gasteiger partial charge >= 0.3 is 12.6 Å². The van der Waals surface area contributed by atoms with E-state index in [0.29, 0.717) is 11.4 Å². The minimum atomic E-state index is -2.87. The average Bonchev–Trinajstić information content (AvgIpc) is 3.11. The summed E-state index contributed by atoms with van der Waals surface area (Å²) in [6.45, 7) is -0.734. The number of alkyl halides is 2. The lowest BCUT2D eigenvalue weighted by Crippen LogP contribution is -2.20. The molecule has 5 nitrogen and oxygen atoms in total. The van der Waals surface area contributed by atoms with E-state index in [1.165, 1.54) is 37.1 Å². The Morgan fingerprint density at radius 3 is 1.96 bits per heavy atom. The van der Waals surface area contributed by atoms with E-state index in [-0.39, 0.29) is 5.75 Å². The Balaban J connectivity index is 1.53. The van der Waals surface area contributed by atoms with Crippen LogP contribution in [0.1, 0.15) is 12.8 Å². The number of anilines is 3. The first-order valence-electron chi connectivity index (χ1n) is 8.08. The van der Waals surface area contributed by atoms with Crippen molar-refractivity contribution in [3.8, 4) is 5.75 Å². The molecule has 0 unspecified atom stereocenters. The van der Waals surface area contributed by atoms with Gasteiger partial charge in [-0.3, -0.25) is 0 Å². The van der Waals surface area contributed by atoms with E-state index in [4.69, 9.17) is 0 Å². The van der Waals surface area contributed by atoms with Gasteiger partial charge in [-0.25, -0.2) is 4.79 Å². The van der Waals surface area contributed by atoms with Crippen molar-refractivity contribution in [2.24, 2.45) is 0 Å². The summed E-state index contributed by atoms with van der Waals surface area (Å²) in [4.78, 5) is 14.3. The molecule has 1 fully saturated rings. The van der Waals surface area contributed by atoms with Crippen LogP contribution in [0.15, 0.2) is 48.5 Å². The van der Waals surface area contributed by atoms with Gasteiger partial charge in [0.25, 0.3) is 0 Å². The molecule has 0 atom stereocenters. The minimum absolute atomic E-state index is 0.0402. The summed E-state index contributed by atoms with van der Waals surface area (Å²) in [5, 5.41) is 5.37. The van der Waals surface area contributed by atoms with Crippen LogP contribution in [-0.4, -0.2) is 25.7 Å². The lowest BCUT2D eigenvalue weighted by molar-refractivity contribution is -0.0498. The van der Waals surface area contributed by atoms with E-state index in [9.17, 15) is 13.6 Å². The van der Waals surface area contributed by atoms with Crippen molar-refractivity contribution in [1.29, 1.82) is 0 Å². The molecule has 1 saturated heterocycles. The fourth-order valence-electron chi connectivity index (χ4n) is 2.74. The van der Waals surface area contributed by atoms with Crippen LogP contribution >= 0.6 is 0 Å². The first kappa shape index (κ1) is 17.0. The van der Waals surface area contributed by atoms with Gasteiger partial charge in [0.2, 0.25) is 0 Å². The fraction of sp³-hybridized carbons (Fsp3) is 0.278. The summed E-state index contributed by atoms with van der Waals surface area (Å²) in [6, 6.07) is 13.0. The van der Waals surface area contributed by atoms with E-state index < -0.39 is 12.6 Å². The number of hydrogen-bond donors (Lipinski definition) is 2. The van der Waals surface area contributed by atoms with Crippen LogP contribution in [-0.2, 0) is 0 Å². The van der Waals surface area contributed by atoms with Crippen LogP contribution in [0.5, 0.6) is 5.75 Å². The third-order valence-corrected chi connectivity index (χ3v) is 3.93. The van der Waals surface area contributed by atoms with Crippen LogP contribution in [0.2, 0.25) is 0 Å². The van der Waals surface area contributed by atoms with E-state index in [1.54, 1.807) is 0 Å². The first-order chi connectivity index (χ1) is 12.1. The Morgan fingerprint density at radius 1 is 0.920 bits per heavy atom. The van der Waals surface area contributed by atoms with Crippen LogP contribution in [0.25, 0.3) is 0 Å². The van der Waals surface area contributed by atoms with Crippen molar-refractivity contribution < 1.29 is 18.3 Å².